The molecular weight excluding hydrogens is 442 g/mol. The number of unbranched alkanes of at least 4 members (excludes halogenated alkanes) is 1. The highest BCUT2D eigenvalue weighted by Crippen LogP contribution is 2.66. The Morgan fingerprint density at radius 3 is 2.63 bits per heavy atom. The summed E-state index contributed by atoms with van der Waals surface area (Å²) < 4.78 is 32.4. The molecule has 0 saturated heterocycles. The van der Waals surface area contributed by atoms with Crippen LogP contribution in [0.4, 0.5) is 0 Å². The maximum atomic E-state index is 6.95. The van der Waals surface area contributed by atoms with E-state index in [2.05, 4.69) is 44.5 Å². The van der Waals surface area contributed by atoms with Gasteiger partial charge in [-0.15, -0.1) is 6.58 Å². The molecule has 0 radical (unpaired) electrons. The Balaban J connectivity index is 1.68. The molecule has 1 aromatic rings. The van der Waals surface area contributed by atoms with Gasteiger partial charge in [0.25, 0.3) is 0 Å². The van der Waals surface area contributed by atoms with Crippen LogP contribution in [0, 0.1) is 5.92 Å². The van der Waals surface area contributed by atoms with Gasteiger partial charge in [0.15, 0.2) is 17.6 Å². The van der Waals surface area contributed by atoms with E-state index in [0.717, 1.165) is 49.6 Å². The molecule has 1 heterocycles. The first-order valence-electron chi connectivity index (χ1n) is 13.4. The van der Waals surface area contributed by atoms with Gasteiger partial charge in [0.1, 0.15) is 0 Å². The zero-order valence-corrected chi connectivity index (χ0v) is 22.2. The van der Waals surface area contributed by atoms with Crippen molar-refractivity contribution in [3.8, 4) is 11.5 Å². The van der Waals surface area contributed by atoms with E-state index in [1.807, 2.05) is 6.08 Å². The molecule has 0 spiro atoms. The van der Waals surface area contributed by atoms with E-state index in [4.69, 9.17) is 23.7 Å². The molecule has 0 bridgehead atoms. The second kappa shape index (κ2) is 9.37. The molecule has 194 valence electrons. The van der Waals surface area contributed by atoms with Crippen molar-refractivity contribution in [2.45, 2.75) is 87.7 Å². The van der Waals surface area contributed by atoms with Crippen LogP contribution in [-0.4, -0.2) is 69.5 Å². The molecule has 5 rings (SSSR count). The summed E-state index contributed by atoms with van der Waals surface area (Å²) in [6, 6.07) is 4.57. The molecule has 0 N–H and O–H groups in total. The Bertz CT molecular complexity index is 941. The second-order valence-electron chi connectivity index (χ2n) is 11.1. The first-order chi connectivity index (χ1) is 16.9. The summed E-state index contributed by atoms with van der Waals surface area (Å²) in [6.07, 6.45) is 8.71. The quantitative estimate of drug-likeness (QED) is 0.239. The topological polar surface area (TPSA) is 49.4 Å². The highest BCUT2D eigenvalue weighted by Gasteiger charge is 2.74. The molecule has 6 heteroatoms. The van der Waals surface area contributed by atoms with Gasteiger partial charge in [-0.3, -0.25) is 4.90 Å². The fourth-order valence-electron chi connectivity index (χ4n) is 7.24. The largest absolute Gasteiger partial charge is 0.490 e. The van der Waals surface area contributed by atoms with E-state index >= 15 is 0 Å². The first kappa shape index (κ1) is 25.1. The first-order valence-corrected chi connectivity index (χ1v) is 13.4. The highest BCUT2D eigenvalue weighted by atomic mass is 16.7. The molecule has 3 aliphatic carbocycles. The Kier molecular flexibility index (Phi) is 6.71. The Hall–Kier alpha value is -1.60. The number of nitrogens with zero attached hydrogens (tertiary/aromatic N) is 1. The van der Waals surface area contributed by atoms with Gasteiger partial charge in [0.2, 0.25) is 5.79 Å². The minimum Gasteiger partial charge on any atom is -0.490 e. The third kappa shape index (κ3) is 3.66. The minimum absolute atomic E-state index is 0.219. The van der Waals surface area contributed by atoms with Crippen molar-refractivity contribution in [3.63, 3.8) is 0 Å². The molecule has 35 heavy (non-hydrogen) atoms. The normalized spacial score (nSPS) is 32.3. The lowest BCUT2D eigenvalue weighted by Gasteiger charge is -2.62. The zero-order valence-electron chi connectivity index (χ0n) is 22.2. The summed E-state index contributed by atoms with van der Waals surface area (Å²) in [5.41, 5.74) is 1.60. The van der Waals surface area contributed by atoms with Gasteiger partial charge in [-0.25, -0.2) is 0 Å². The molecule has 1 aliphatic heterocycles. The SMILES string of the molecule is C=CCO[C@@]12CCC(OC)(OC)[C@@H]3Oc4c(OCCCC)ccc(c4C31C)C[C@H]2N(C)CC1CC1. The summed E-state index contributed by atoms with van der Waals surface area (Å²) >= 11 is 0. The van der Waals surface area contributed by atoms with Crippen molar-refractivity contribution >= 4 is 0 Å². The Morgan fingerprint density at radius 1 is 1.20 bits per heavy atom. The standard InChI is InChI=1S/C29H43NO5/c1-7-9-17-33-22-13-12-21-18-23(30(4)19-20-10-11-20)28(34-16-8-2)14-15-29(31-5,32-6)26-27(28,3)24(21)25(22)35-26/h8,12-13,20,23,26H,2,7,9-11,14-19H2,1,3-6H3/t23-,26-,27?,28-/m1/s1. The van der Waals surface area contributed by atoms with Gasteiger partial charge in [-0.2, -0.15) is 0 Å². The average Bonchev–Trinajstić information content (AvgIpc) is 3.61. The van der Waals surface area contributed by atoms with Gasteiger partial charge >= 0.3 is 0 Å². The number of ether oxygens (including phenoxy) is 5. The van der Waals surface area contributed by atoms with Crippen molar-refractivity contribution in [1.29, 1.82) is 0 Å². The van der Waals surface area contributed by atoms with Crippen molar-refractivity contribution in [1.82, 2.24) is 4.90 Å². The molecule has 4 aliphatic rings. The van der Waals surface area contributed by atoms with Crippen LogP contribution in [0.15, 0.2) is 24.8 Å². The molecule has 0 aromatic heterocycles. The number of likely N-dealkylation sites (N-methyl/N-ethyl adjacent to an activating group) is 1. The zero-order chi connectivity index (χ0) is 24.8. The van der Waals surface area contributed by atoms with Crippen LogP contribution in [0.1, 0.15) is 63.5 Å². The number of rotatable bonds is 12. The second-order valence-corrected chi connectivity index (χ2v) is 11.1. The van der Waals surface area contributed by atoms with Gasteiger partial charge in [0, 0.05) is 38.8 Å². The summed E-state index contributed by atoms with van der Waals surface area (Å²) in [6.45, 7) is 10.8. The van der Waals surface area contributed by atoms with Crippen molar-refractivity contribution < 1.29 is 23.7 Å². The Labute approximate surface area is 210 Å². The summed E-state index contributed by atoms with van der Waals surface area (Å²) in [7, 11) is 5.74. The van der Waals surface area contributed by atoms with Crippen LogP contribution >= 0.6 is 0 Å². The lowest BCUT2D eigenvalue weighted by Crippen LogP contribution is -2.76. The van der Waals surface area contributed by atoms with E-state index in [-0.39, 0.29) is 12.1 Å². The number of hydrogen-bond acceptors (Lipinski definition) is 6. The molecule has 1 aromatic carbocycles. The van der Waals surface area contributed by atoms with Crippen LogP contribution in [0.2, 0.25) is 0 Å². The van der Waals surface area contributed by atoms with E-state index in [9.17, 15) is 0 Å². The maximum Gasteiger partial charge on any atom is 0.206 e. The Morgan fingerprint density at radius 2 is 1.97 bits per heavy atom. The lowest BCUT2D eigenvalue weighted by atomic mass is 9.51. The van der Waals surface area contributed by atoms with Crippen LogP contribution in [-0.2, 0) is 26.0 Å². The molecule has 0 amide bonds. The smallest absolute Gasteiger partial charge is 0.206 e. The average molecular weight is 486 g/mol. The fraction of sp³-hybridized carbons (Fsp3) is 0.724. The van der Waals surface area contributed by atoms with Gasteiger partial charge in [-0.1, -0.05) is 25.5 Å². The predicted octanol–water partition coefficient (Wildman–Crippen LogP) is 4.88. The van der Waals surface area contributed by atoms with Crippen molar-refractivity contribution in [3.05, 3.63) is 35.9 Å². The monoisotopic (exact) mass is 485 g/mol. The van der Waals surface area contributed by atoms with Crippen molar-refractivity contribution in [2.75, 3.05) is 41.0 Å². The minimum atomic E-state index is -0.857. The number of benzene rings is 1. The van der Waals surface area contributed by atoms with Crippen LogP contribution in [0.3, 0.4) is 0 Å². The predicted molar refractivity (Wildman–Crippen MR) is 136 cm³/mol. The lowest BCUT2D eigenvalue weighted by molar-refractivity contribution is -0.314. The molecule has 6 nitrogen and oxygen atoms in total. The molecular formula is C29H43NO5. The van der Waals surface area contributed by atoms with Gasteiger partial charge in [-0.05, 0) is 63.6 Å². The third-order valence-electron chi connectivity index (χ3n) is 9.24. The van der Waals surface area contributed by atoms with Gasteiger partial charge in [0.05, 0.1) is 24.2 Å². The molecule has 1 unspecified atom stereocenters. The number of methoxy groups -OCH3 is 2. The van der Waals surface area contributed by atoms with E-state index in [1.54, 1.807) is 14.2 Å². The summed E-state index contributed by atoms with van der Waals surface area (Å²) in [5, 5.41) is 0. The third-order valence-corrected chi connectivity index (χ3v) is 9.24. The van der Waals surface area contributed by atoms with Crippen LogP contribution in [0.5, 0.6) is 11.5 Å². The molecule has 4 atom stereocenters. The van der Waals surface area contributed by atoms with E-state index < -0.39 is 16.8 Å². The molecule has 2 saturated carbocycles. The van der Waals surface area contributed by atoms with E-state index in [0.29, 0.717) is 19.6 Å². The van der Waals surface area contributed by atoms with Crippen molar-refractivity contribution in [2.24, 2.45) is 5.92 Å². The summed E-state index contributed by atoms with van der Waals surface area (Å²) in [5.74, 6) is 1.61. The fourth-order valence-corrected chi connectivity index (χ4v) is 7.24. The van der Waals surface area contributed by atoms with Gasteiger partial charge < -0.3 is 23.7 Å². The maximum absolute atomic E-state index is 6.95. The van der Waals surface area contributed by atoms with Crippen LogP contribution < -0.4 is 9.47 Å². The van der Waals surface area contributed by atoms with Crippen LogP contribution in [0.25, 0.3) is 0 Å². The number of hydrogen-bond donors (Lipinski definition) is 0. The highest BCUT2D eigenvalue weighted by molar-refractivity contribution is 5.62. The molecule has 2 fully saturated rings. The summed E-state index contributed by atoms with van der Waals surface area (Å²) in [4.78, 5) is 2.56. The van der Waals surface area contributed by atoms with E-state index in [1.165, 1.54) is 24.0 Å².